The Morgan fingerprint density at radius 1 is 1.53 bits per heavy atom. The molecular weight excluding hydrogens is 259 g/mol. The van der Waals surface area contributed by atoms with Gasteiger partial charge < -0.3 is 5.32 Å². The lowest BCUT2D eigenvalue weighted by atomic mass is 10.2. The van der Waals surface area contributed by atoms with Gasteiger partial charge in [-0.1, -0.05) is 11.6 Å². The Morgan fingerprint density at radius 2 is 2.35 bits per heavy atom. The van der Waals surface area contributed by atoms with Gasteiger partial charge in [0.2, 0.25) is 0 Å². The number of aromatic nitrogens is 1. The average Bonchev–Trinajstić information content (AvgIpc) is 2.83. The number of nitrogens with zero attached hydrogens (tertiary/aromatic N) is 1. The van der Waals surface area contributed by atoms with Gasteiger partial charge in [-0.15, -0.1) is 11.3 Å². The summed E-state index contributed by atoms with van der Waals surface area (Å²) in [5.74, 6) is -0.242. The maximum atomic E-state index is 13.5. The third-order valence-electron chi connectivity index (χ3n) is 2.43. The average molecular weight is 271 g/mol. The van der Waals surface area contributed by atoms with Gasteiger partial charge >= 0.3 is 0 Å². The van der Waals surface area contributed by atoms with E-state index in [-0.39, 0.29) is 11.9 Å². The van der Waals surface area contributed by atoms with E-state index in [9.17, 15) is 4.39 Å². The normalized spacial score (nSPS) is 12.6. The van der Waals surface area contributed by atoms with E-state index in [1.54, 1.807) is 29.7 Å². The summed E-state index contributed by atoms with van der Waals surface area (Å²) in [6, 6.07) is 4.67. The Bertz CT molecular complexity index is 487. The second kappa shape index (κ2) is 5.58. The Kier molecular flexibility index (Phi) is 4.10. The van der Waals surface area contributed by atoms with Crippen LogP contribution < -0.4 is 5.32 Å². The van der Waals surface area contributed by atoms with Crippen LogP contribution in [-0.4, -0.2) is 4.98 Å². The molecule has 0 aliphatic heterocycles. The second-order valence-electron chi connectivity index (χ2n) is 3.71. The first-order valence-corrected chi connectivity index (χ1v) is 6.49. The molecule has 1 unspecified atom stereocenters. The van der Waals surface area contributed by atoms with E-state index >= 15 is 0 Å². The van der Waals surface area contributed by atoms with Crippen molar-refractivity contribution in [3.05, 3.63) is 51.2 Å². The van der Waals surface area contributed by atoms with Crippen molar-refractivity contribution in [2.75, 3.05) is 0 Å². The topological polar surface area (TPSA) is 24.9 Å². The highest BCUT2D eigenvalue weighted by atomic mass is 35.5. The number of thiazole rings is 1. The van der Waals surface area contributed by atoms with Crippen LogP contribution in [0.2, 0.25) is 5.02 Å². The zero-order valence-electron chi connectivity index (χ0n) is 9.28. The molecule has 0 saturated carbocycles. The van der Waals surface area contributed by atoms with Crippen molar-refractivity contribution in [3.8, 4) is 0 Å². The van der Waals surface area contributed by atoms with Crippen molar-refractivity contribution >= 4 is 22.9 Å². The number of nitrogens with one attached hydrogen (secondary N) is 1. The molecule has 0 spiro atoms. The first kappa shape index (κ1) is 12.5. The molecule has 2 rings (SSSR count). The maximum absolute atomic E-state index is 13.5. The molecule has 0 amide bonds. The van der Waals surface area contributed by atoms with Crippen molar-refractivity contribution in [2.24, 2.45) is 0 Å². The standard InChI is InChI=1S/C12H12ClFN2S/c1-8(12-15-4-5-17-12)16-7-9-6-10(13)2-3-11(9)14/h2-6,8,16H,7H2,1H3. The van der Waals surface area contributed by atoms with Crippen LogP contribution in [0, 0.1) is 5.82 Å². The van der Waals surface area contributed by atoms with Crippen LogP contribution in [0.25, 0.3) is 0 Å². The van der Waals surface area contributed by atoms with Crippen LogP contribution in [0.15, 0.2) is 29.8 Å². The van der Waals surface area contributed by atoms with Crippen molar-refractivity contribution < 1.29 is 4.39 Å². The fourth-order valence-electron chi connectivity index (χ4n) is 1.48. The van der Waals surface area contributed by atoms with Gasteiger partial charge in [-0.25, -0.2) is 9.37 Å². The van der Waals surface area contributed by atoms with E-state index in [1.807, 2.05) is 12.3 Å². The molecule has 1 atom stereocenters. The van der Waals surface area contributed by atoms with Gasteiger partial charge in [0.15, 0.2) is 0 Å². The van der Waals surface area contributed by atoms with Crippen LogP contribution in [0.4, 0.5) is 4.39 Å². The lowest BCUT2D eigenvalue weighted by Gasteiger charge is -2.11. The van der Waals surface area contributed by atoms with E-state index < -0.39 is 0 Å². The fourth-order valence-corrected chi connectivity index (χ4v) is 2.34. The minimum atomic E-state index is -0.242. The number of benzene rings is 1. The van der Waals surface area contributed by atoms with Crippen LogP contribution in [0.3, 0.4) is 0 Å². The van der Waals surface area contributed by atoms with Gasteiger partial charge in [-0.05, 0) is 25.1 Å². The van der Waals surface area contributed by atoms with E-state index in [0.717, 1.165) is 5.01 Å². The fraction of sp³-hybridized carbons (Fsp3) is 0.250. The van der Waals surface area contributed by atoms with Gasteiger partial charge in [-0.2, -0.15) is 0 Å². The van der Waals surface area contributed by atoms with Gasteiger partial charge in [0, 0.05) is 28.7 Å². The lowest BCUT2D eigenvalue weighted by molar-refractivity contribution is 0.542. The molecule has 0 saturated heterocycles. The van der Waals surface area contributed by atoms with Gasteiger partial charge in [0.1, 0.15) is 10.8 Å². The Hall–Kier alpha value is -0.970. The molecule has 0 aliphatic carbocycles. The monoisotopic (exact) mass is 270 g/mol. The zero-order chi connectivity index (χ0) is 12.3. The highest BCUT2D eigenvalue weighted by molar-refractivity contribution is 7.09. The van der Waals surface area contributed by atoms with Crippen LogP contribution >= 0.6 is 22.9 Å². The zero-order valence-corrected chi connectivity index (χ0v) is 10.9. The molecule has 90 valence electrons. The summed E-state index contributed by atoms with van der Waals surface area (Å²) in [7, 11) is 0. The molecule has 2 aromatic rings. The lowest BCUT2D eigenvalue weighted by Crippen LogP contribution is -2.18. The molecule has 2 nitrogen and oxygen atoms in total. The number of halogens is 2. The first-order valence-electron chi connectivity index (χ1n) is 5.23. The molecule has 1 N–H and O–H groups in total. The third-order valence-corrected chi connectivity index (χ3v) is 3.62. The minimum absolute atomic E-state index is 0.105. The third kappa shape index (κ3) is 3.25. The molecule has 17 heavy (non-hydrogen) atoms. The van der Waals surface area contributed by atoms with Gasteiger partial charge in [0.05, 0.1) is 6.04 Å². The molecule has 1 aromatic heterocycles. The van der Waals surface area contributed by atoms with Crippen LogP contribution in [-0.2, 0) is 6.54 Å². The predicted octanol–water partition coefficient (Wildman–Crippen LogP) is 3.79. The maximum Gasteiger partial charge on any atom is 0.127 e. The van der Waals surface area contributed by atoms with Crippen molar-refractivity contribution in [3.63, 3.8) is 0 Å². The van der Waals surface area contributed by atoms with Crippen molar-refractivity contribution in [2.45, 2.75) is 19.5 Å². The highest BCUT2D eigenvalue weighted by Gasteiger charge is 2.09. The van der Waals surface area contributed by atoms with Crippen molar-refractivity contribution in [1.82, 2.24) is 10.3 Å². The number of hydrogen-bond acceptors (Lipinski definition) is 3. The molecule has 0 fully saturated rings. The Morgan fingerprint density at radius 3 is 3.06 bits per heavy atom. The molecule has 0 aliphatic rings. The number of hydrogen-bond donors (Lipinski definition) is 1. The first-order chi connectivity index (χ1) is 8.16. The molecule has 5 heteroatoms. The summed E-state index contributed by atoms with van der Waals surface area (Å²) in [6.45, 7) is 2.44. The summed E-state index contributed by atoms with van der Waals surface area (Å²) in [6.07, 6.45) is 1.76. The highest BCUT2D eigenvalue weighted by Crippen LogP contribution is 2.18. The summed E-state index contributed by atoms with van der Waals surface area (Å²) in [5.41, 5.74) is 0.570. The molecule has 0 bridgehead atoms. The van der Waals surface area contributed by atoms with Gasteiger partial charge in [-0.3, -0.25) is 0 Å². The Labute approximate surface area is 108 Å². The molecular formula is C12H12ClFN2S. The summed E-state index contributed by atoms with van der Waals surface area (Å²) in [4.78, 5) is 4.20. The summed E-state index contributed by atoms with van der Waals surface area (Å²) < 4.78 is 13.5. The molecule has 1 aromatic carbocycles. The smallest absolute Gasteiger partial charge is 0.127 e. The summed E-state index contributed by atoms with van der Waals surface area (Å²) in [5, 5.41) is 6.68. The minimum Gasteiger partial charge on any atom is -0.304 e. The van der Waals surface area contributed by atoms with Gasteiger partial charge in [0.25, 0.3) is 0 Å². The molecule has 1 heterocycles. The van der Waals surface area contributed by atoms with E-state index in [0.29, 0.717) is 17.1 Å². The SMILES string of the molecule is CC(NCc1cc(Cl)ccc1F)c1nccs1. The Balaban J connectivity index is 2.00. The van der Waals surface area contributed by atoms with E-state index in [1.165, 1.54) is 6.07 Å². The summed E-state index contributed by atoms with van der Waals surface area (Å²) >= 11 is 7.41. The molecule has 0 radical (unpaired) electrons. The number of rotatable bonds is 4. The van der Waals surface area contributed by atoms with Crippen LogP contribution in [0.5, 0.6) is 0 Å². The quantitative estimate of drug-likeness (QED) is 0.914. The van der Waals surface area contributed by atoms with Crippen LogP contribution in [0.1, 0.15) is 23.5 Å². The second-order valence-corrected chi connectivity index (χ2v) is 5.07. The van der Waals surface area contributed by atoms with Crippen molar-refractivity contribution in [1.29, 1.82) is 0 Å². The predicted molar refractivity (Wildman–Crippen MR) is 68.8 cm³/mol. The van der Waals surface area contributed by atoms with E-state index in [4.69, 9.17) is 11.6 Å². The van der Waals surface area contributed by atoms with E-state index in [2.05, 4.69) is 10.3 Å². The largest absolute Gasteiger partial charge is 0.304 e.